The van der Waals surface area contributed by atoms with E-state index in [0.717, 1.165) is 27.4 Å². The van der Waals surface area contributed by atoms with E-state index in [-0.39, 0.29) is 6.42 Å². The van der Waals surface area contributed by atoms with Crippen molar-refractivity contribution >= 4 is 39.5 Å². The summed E-state index contributed by atoms with van der Waals surface area (Å²) in [6.07, 6.45) is 2.07. The van der Waals surface area contributed by atoms with Crippen LogP contribution in [0.15, 0.2) is 60.8 Å². The van der Waals surface area contributed by atoms with E-state index < -0.39 is 23.8 Å². The first-order valence-electron chi connectivity index (χ1n) is 9.21. The van der Waals surface area contributed by atoms with Gasteiger partial charge in [0.05, 0.1) is 6.42 Å². The number of ketones is 1. The zero-order chi connectivity index (χ0) is 21.7. The second-order valence-corrected chi connectivity index (χ2v) is 6.80. The van der Waals surface area contributed by atoms with Crippen LogP contribution in [0.1, 0.15) is 11.3 Å². The van der Waals surface area contributed by atoms with E-state index in [1.807, 2.05) is 54.7 Å². The van der Waals surface area contributed by atoms with Crippen LogP contribution in [0.25, 0.3) is 21.8 Å². The number of nitrogens with two attached hydrogens (primary N) is 1. The molecule has 0 aliphatic heterocycles. The maximum atomic E-state index is 11.0. The average molecular weight is 407 g/mol. The number of carbonyl (C=O) groups excluding carboxylic acids is 1. The van der Waals surface area contributed by atoms with Gasteiger partial charge in [-0.05, 0) is 29.1 Å². The van der Waals surface area contributed by atoms with E-state index in [1.165, 1.54) is 0 Å². The number of H-pyrrole nitrogens is 2. The maximum absolute atomic E-state index is 11.0. The molecule has 1 atom stereocenters. The lowest BCUT2D eigenvalue weighted by Crippen LogP contribution is -2.32. The number of carboxylic acid groups (broad SMARTS) is 2. The summed E-state index contributed by atoms with van der Waals surface area (Å²) in [5.41, 5.74) is 8.97. The van der Waals surface area contributed by atoms with Crippen molar-refractivity contribution in [3.8, 4) is 0 Å². The third kappa shape index (κ3) is 4.92. The molecule has 0 spiro atoms. The number of nitrogens with one attached hydrogen (secondary N) is 2. The molecule has 4 rings (SSSR count). The van der Waals surface area contributed by atoms with Crippen LogP contribution < -0.4 is 5.73 Å². The van der Waals surface area contributed by atoms with Crippen LogP contribution in [-0.2, 0) is 27.2 Å². The highest BCUT2D eigenvalue weighted by Crippen LogP contribution is 2.18. The second kappa shape index (κ2) is 9.06. The molecule has 0 saturated heterocycles. The summed E-state index contributed by atoms with van der Waals surface area (Å²) in [6.45, 7) is 0. The summed E-state index contributed by atoms with van der Waals surface area (Å²) in [6, 6.07) is 16.2. The van der Waals surface area contributed by atoms with Crippen molar-refractivity contribution in [2.45, 2.75) is 18.9 Å². The van der Waals surface area contributed by atoms with Crippen molar-refractivity contribution < 1.29 is 24.6 Å². The summed E-state index contributed by atoms with van der Waals surface area (Å²) in [5, 5.41) is 19.2. The highest BCUT2D eigenvalue weighted by atomic mass is 16.4. The number of Topliss-reactive ketones (excluding diaryl/α,β-unsaturated/α-hetero) is 1. The third-order valence-corrected chi connectivity index (χ3v) is 4.61. The molecule has 0 saturated carbocycles. The van der Waals surface area contributed by atoms with Gasteiger partial charge in [0, 0.05) is 34.7 Å². The highest BCUT2D eigenvalue weighted by molar-refractivity contribution is 6.33. The second-order valence-electron chi connectivity index (χ2n) is 6.80. The lowest BCUT2D eigenvalue weighted by molar-refractivity contribution is -0.148. The summed E-state index contributed by atoms with van der Waals surface area (Å²) in [4.78, 5) is 38.0. The molecule has 30 heavy (non-hydrogen) atoms. The lowest BCUT2D eigenvalue weighted by atomic mass is 10.1. The Morgan fingerprint density at radius 2 is 1.63 bits per heavy atom. The SMILES string of the molecule is NC(Cc1c[nH]c2ccccc12)C(=O)O.O=C(O)C(=O)Cc1cc2ccccc2[nH]1. The van der Waals surface area contributed by atoms with Gasteiger partial charge in [-0.2, -0.15) is 0 Å². The van der Waals surface area contributed by atoms with Crippen molar-refractivity contribution in [2.24, 2.45) is 5.73 Å². The minimum Gasteiger partial charge on any atom is -0.480 e. The normalized spacial score (nSPS) is 11.6. The molecule has 0 amide bonds. The zero-order valence-corrected chi connectivity index (χ0v) is 16.0. The smallest absolute Gasteiger partial charge is 0.372 e. The number of rotatable bonds is 6. The van der Waals surface area contributed by atoms with E-state index in [0.29, 0.717) is 12.1 Å². The molecular weight excluding hydrogens is 386 g/mol. The molecule has 0 bridgehead atoms. The fourth-order valence-electron chi connectivity index (χ4n) is 3.10. The molecule has 0 radical (unpaired) electrons. The van der Waals surface area contributed by atoms with Gasteiger partial charge >= 0.3 is 11.9 Å². The first kappa shape index (κ1) is 20.8. The van der Waals surface area contributed by atoms with E-state index >= 15 is 0 Å². The number of aromatic amines is 2. The van der Waals surface area contributed by atoms with Crippen LogP contribution in [0, 0.1) is 0 Å². The van der Waals surface area contributed by atoms with Gasteiger partial charge in [-0.1, -0.05) is 36.4 Å². The van der Waals surface area contributed by atoms with E-state index in [4.69, 9.17) is 15.9 Å². The summed E-state index contributed by atoms with van der Waals surface area (Å²) in [7, 11) is 0. The number of benzene rings is 2. The van der Waals surface area contributed by atoms with Crippen LogP contribution in [0.4, 0.5) is 0 Å². The number of carboxylic acids is 2. The van der Waals surface area contributed by atoms with Crippen LogP contribution in [0.2, 0.25) is 0 Å². The Morgan fingerprint density at radius 3 is 2.30 bits per heavy atom. The van der Waals surface area contributed by atoms with Crippen molar-refractivity contribution in [2.75, 3.05) is 0 Å². The molecule has 0 aliphatic rings. The van der Waals surface area contributed by atoms with Gasteiger partial charge in [-0.15, -0.1) is 0 Å². The Morgan fingerprint density at radius 1 is 0.967 bits per heavy atom. The van der Waals surface area contributed by atoms with Crippen molar-refractivity contribution in [3.63, 3.8) is 0 Å². The van der Waals surface area contributed by atoms with Gasteiger partial charge in [0.25, 0.3) is 0 Å². The summed E-state index contributed by atoms with van der Waals surface area (Å²) >= 11 is 0. The molecule has 6 N–H and O–H groups in total. The largest absolute Gasteiger partial charge is 0.480 e. The first-order chi connectivity index (χ1) is 14.3. The standard InChI is InChI=1S/C11H12N2O2.C11H9NO3/c12-9(11(14)15)5-7-6-13-10-4-2-1-3-8(7)10;13-10(11(14)15)6-8-5-7-3-1-2-4-9(7)12-8/h1-4,6,9,13H,5,12H2,(H,14,15);1-5,12H,6H2,(H,14,15). The van der Waals surface area contributed by atoms with E-state index in [1.54, 1.807) is 6.07 Å². The van der Waals surface area contributed by atoms with Gasteiger partial charge in [-0.3, -0.25) is 9.59 Å². The Hall–Kier alpha value is -3.91. The topological polar surface area (TPSA) is 149 Å². The molecule has 2 heterocycles. The maximum Gasteiger partial charge on any atom is 0.372 e. The van der Waals surface area contributed by atoms with Crippen molar-refractivity contribution in [1.82, 2.24) is 9.97 Å². The average Bonchev–Trinajstić information content (AvgIpc) is 3.32. The molecule has 154 valence electrons. The number of hydrogen-bond acceptors (Lipinski definition) is 4. The minimum atomic E-state index is -1.39. The molecule has 4 aromatic rings. The quantitative estimate of drug-likeness (QED) is 0.310. The number of carbonyl (C=O) groups is 3. The highest BCUT2D eigenvalue weighted by Gasteiger charge is 2.14. The third-order valence-electron chi connectivity index (χ3n) is 4.61. The number of fused-ring (bicyclic) bond motifs is 2. The molecular formula is C22H21N3O5. The van der Waals surface area contributed by atoms with E-state index in [9.17, 15) is 14.4 Å². The number of aliphatic carboxylic acids is 2. The molecule has 8 heteroatoms. The molecule has 0 fully saturated rings. The van der Waals surface area contributed by atoms with Gasteiger partial charge in [0.15, 0.2) is 0 Å². The first-order valence-corrected chi connectivity index (χ1v) is 9.21. The van der Waals surface area contributed by atoms with Gasteiger partial charge in [-0.25, -0.2) is 4.79 Å². The molecule has 1 unspecified atom stereocenters. The predicted molar refractivity (Wildman–Crippen MR) is 112 cm³/mol. The van der Waals surface area contributed by atoms with Crippen LogP contribution >= 0.6 is 0 Å². The number of hydrogen-bond donors (Lipinski definition) is 5. The fourth-order valence-corrected chi connectivity index (χ4v) is 3.10. The zero-order valence-electron chi connectivity index (χ0n) is 16.0. The van der Waals surface area contributed by atoms with Crippen LogP contribution in [0.3, 0.4) is 0 Å². The van der Waals surface area contributed by atoms with Crippen molar-refractivity contribution in [1.29, 1.82) is 0 Å². The summed E-state index contributed by atoms with van der Waals surface area (Å²) < 4.78 is 0. The number of para-hydroxylation sites is 2. The van der Waals surface area contributed by atoms with Gasteiger partial charge in [0.1, 0.15) is 6.04 Å². The minimum absolute atomic E-state index is 0.0932. The van der Waals surface area contributed by atoms with Crippen LogP contribution in [-0.4, -0.2) is 43.9 Å². The van der Waals surface area contributed by atoms with Gasteiger partial charge in [0.2, 0.25) is 5.78 Å². The van der Waals surface area contributed by atoms with Crippen LogP contribution in [0.5, 0.6) is 0 Å². The Labute approximate surface area is 171 Å². The Balaban J connectivity index is 0.000000171. The molecule has 8 nitrogen and oxygen atoms in total. The van der Waals surface area contributed by atoms with Gasteiger partial charge < -0.3 is 25.9 Å². The fraction of sp³-hybridized carbons (Fsp3) is 0.136. The Kier molecular flexibility index (Phi) is 6.29. The van der Waals surface area contributed by atoms with Crippen molar-refractivity contribution in [3.05, 3.63) is 72.1 Å². The molecule has 2 aromatic heterocycles. The summed E-state index contributed by atoms with van der Waals surface area (Å²) in [5.74, 6) is -3.17. The molecule has 0 aliphatic carbocycles. The lowest BCUT2D eigenvalue weighted by Gasteiger charge is -2.04. The molecule has 2 aromatic carbocycles. The predicted octanol–water partition coefficient (Wildman–Crippen LogP) is 2.49. The van der Waals surface area contributed by atoms with E-state index in [2.05, 4.69) is 9.97 Å². The Bertz CT molecular complexity index is 1170. The monoisotopic (exact) mass is 407 g/mol. The number of aromatic nitrogens is 2.